The van der Waals surface area contributed by atoms with Gasteiger partial charge in [-0.2, -0.15) is 0 Å². The number of aliphatic hydroxyl groups is 1. The second-order valence-electron chi connectivity index (χ2n) is 26.9. The van der Waals surface area contributed by atoms with Gasteiger partial charge in [-0.1, -0.05) is 121 Å². The van der Waals surface area contributed by atoms with Crippen LogP contribution in [0.2, 0.25) is 0 Å². The van der Waals surface area contributed by atoms with Crippen LogP contribution in [0.4, 0.5) is 0 Å². The number of aliphatic imine (C=N–C) groups is 1. The van der Waals surface area contributed by atoms with E-state index in [1.807, 2.05) is 30.3 Å². The highest BCUT2D eigenvalue weighted by Gasteiger charge is 2.42. The molecule has 0 bridgehead atoms. The molecule has 1 aliphatic rings. The fraction of sp³-hybridized carbons (Fsp3) is 0.535. The molecular formula is C71H104N16O18. The topological polar surface area (TPSA) is 560 Å². The minimum absolute atomic E-state index is 0.0222. The number of nitrogens with one attached hydrogen (secondary N) is 10. The molecule has 0 aliphatic carbocycles. The Morgan fingerprint density at radius 3 is 1.57 bits per heavy atom. The molecule has 0 radical (unpaired) electrons. The van der Waals surface area contributed by atoms with Gasteiger partial charge in [0.2, 0.25) is 70.9 Å². The molecule has 3 aromatic rings. The Hall–Kier alpha value is -10.8. The summed E-state index contributed by atoms with van der Waals surface area (Å²) in [5, 5.41) is 66.0. The molecule has 34 heteroatoms. The SMILES string of the molecule is CC[C@H](C)[C@H](NC(=O)[C@@H]1CCCN1C(=O)[C@@H](NC(=O)[C@@H](N)Cc1ccccc1)C(C)C)C(=O)N[C@@H](Cc1ccccc1)C(=O)N[C@H](C(=O)N[C@@H](Cc1ccc(O)cc1)C(=O)NCC(=O)N[C@@H](CCC(=O)O)C(=O)N[C@@H](CC(C)C)C(=O)N[C@@H](CCC(N)=O)C(=O)N[C@@H](CCCN=C(N)N)C(=O)O)[C@@H](C)O. The molecule has 22 N–H and O–H groups in total. The molecule has 1 saturated heterocycles. The Morgan fingerprint density at radius 1 is 0.543 bits per heavy atom. The van der Waals surface area contributed by atoms with Crippen molar-refractivity contribution in [1.29, 1.82) is 0 Å². The Morgan fingerprint density at radius 2 is 1.04 bits per heavy atom. The van der Waals surface area contributed by atoms with Gasteiger partial charge in [0.05, 0.1) is 18.7 Å². The standard InChI is InChI=1S/C71H104N16O18/c1-8-40(6)58(85-66(100)53-22-16-32-87(53)69(103)57(39(4)5)84-60(94)46(72)34-42-17-11-9-12-18-42)67(101)83-52(35-43-19-13-10-14-20-43)65(99)86-59(41(7)88)68(102)82-51(36-44-23-25-45(89)26-24-44)61(95)77-37-55(91)78-47(28-30-56(92)93)62(96)81-50(33-38(2)3)64(98)79-48(27-29-54(73)90)63(97)80-49(70(104)105)21-15-31-76-71(74)75/h9-14,17-20,23-26,38-41,46-53,57-59,88-89H,8,15-16,21-22,27-37,72H2,1-7H3,(H2,73,90)(H,77,95)(H,78,91)(H,79,98)(H,80,97)(H,81,96)(H,82,102)(H,83,101)(H,84,94)(H,85,100)(H,86,99)(H,92,93)(H,104,105)(H4,74,75,76)/t40-,41+,46-,47-,48-,49-,50-,51-,52-,53-,57-,58-,59-/m0/s1. The maximum absolute atomic E-state index is 14.7. The van der Waals surface area contributed by atoms with Crippen LogP contribution >= 0.6 is 0 Å². The van der Waals surface area contributed by atoms with Crippen LogP contribution in [-0.2, 0) is 86.4 Å². The van der Waals surface area contributed by atoms with Crippen LogP contribution in [0.25, 0.3) is 0 Å². The van der Waals surface area contributed by atoms with Gasteiger partial charge >= 0.3 is 11.9 Å². The molecule has 576 valence electrons. The molecule has 1 heterocycles. The molecule has 105 heavy (non-hydrogen) atoms. The average Bonchev–Trinajstić information content (AvgIpc) is 1.76. The number of hydrogen-bond donors (Lipinski definition) is 18. The Bertz CT molecular complexity index is 3490. The number of aromatic hydroxyl groups is 1. The molecule has 13 atom stereocenters. The molecular weight excluding hydrogens is 1360 g/mol. The van der Waals surface area contributed by atoms with Crippen molar-refractivity contribution in [2.45, 2.75) is 205 Å². The molecule has 0 aromatic heterocycles. The third-order valence-corrected chi connectivity index (χ3v) is 17.4. The van der Waals surface area contributed by atoms with Crippen molar-refractivity contribution >= 4 is 88.8 Å². The Kier molecular flexibility index (Phi) is 35.8. The summed E-state index contributed by atoms with van der Waals surface area (Å²) in [5.41, 5.74) is 24.0. The largest absolute Gasteiger partial charge is 0.508 e. The number of amides is 12. The molecule has 3 aromatic carbocycles. The first kappa shape index (κ1) is 86.6. The zero-order valence-electron chi connectivity index (χ0n) is 60.3. The fourth-order valence-electron chi connectivity index (χ4n) is 11.4. The molecule has 0 saturated carbocycles. The van der Waals surface area contributed by atoms with E-state index in [1.165, 1.54) is 29.2 Å². The summed E-state index contributed by atoms with van der Waals surface area (Å²) >= 11 is 0. The number of carbonyl (C=O) groups is 14. The van der Waals surface area contributed by atoms with E-state index in [-0.39, 0.29) is 75.7 Å². The number of phenols is 1. The van der Waals surface area contributed by atoms with Crippen LogP contribution in [0, 0.1) is 17.8 Å². The molecule has 0 unspecified atom stereocenters. The summed E-state index contributed by atoms with van der Waals surface area (Å²) in [6, 6.07) is 7.21. The second-order valence-corrected chi connectivity index (χ2v) is 26.9. The van der Waals surface area contributed by atoms with E-state index in [0.29, 0.717) is 24.0 Å². The van der Waals surface area contributed by atoms with E-state index in [2.05, 4.69) is 58.2 Å². The molecule has 4 rings (SSSR count). The summed E-state index contributed by atoms with van der Waals surface area (Å²) in [6.45, 7) is 10.7. The summed E-state index contributed by atoms with van der Waals surface area (Å²) < 4.78 is 0. The minimum Gasteiger partial charge on any atom is -0.508 e. The van der Waals surface area contributed by atoms with E-state index in [4.69, 9.17) is 22.9 Å². The number of likely N-dealkylation sites (tertiary alicyclic amines) is 1. The third kappa shape index (κ3) is 29.8. The van der Waals surface area contributed by atoms with Crippen LogP contribution in [0.1, 0.15) is 129 Å². The minimum atomic E-state index is -1.86. The van der Waals surface area contributed by atoms with Gasteiger partial charge in [0, 0.05) is 38.8 Å². The first-order valence-electron chi connectivity index (χ1n) is 35.0. The number of nitrogens with zero attached hydrogens (tertiary/aromatic N) is 2. The second kappa shape index (κ2) is 43.4. The van der Waals surface area contributed by atoms with Crippen LogP contribution < -0.4 is 76.1 Å². The molecule has 1 fully saturated rings. The number of phenolic OH excluding ortho intramolecular Hbond substituents is 1. The molecule has 34 nitrogen and oxygen atoms in total. The van der Waals surface area contributed by atoms with Gasteiger partial charge in [0.1, 0.15) is 66.2 Å². The monoisotopic (exact) mass is 1470 g/mol. The summed E-state index contributed by atoms with van der Waals surface area (Å²) in [6.07, 6.45) is -3.37. The van der Waals surface area contributed by atoms with Gasteiger partial charge in [0.25, 0.3) is 0 Å². The predicted molar refractivity (Wildman–Crippen MR) is 383 cm³/mol. The maximum Gasteiger partial charge on any atom is 0.326 e. The van der Waals surface area contributed by atoms with Crippen molar-refractivity contribution in [3.63, 3.8) is 0 Å². The van der Waals surface area contributed by atoms with Gasteiger partial charge in [0.15, 0.2) is 5.96 Å². The number of carboxylic acids is 2. The fourth-order valence-corrected chi connectivity index (χ4v) is 11.4. The number of carbonyl (C=O) groups excluding carboxylic acids is 12. The highest BCUT2D eigenvalue weighted by atomic mass is 16.4. The highest BCUT2D eigenvalue weighted by molar-refractivity contribution is 5.99. The first-order chi connectivity index (χ1) is 49.6. The summed E-state index contributed by atoms with van der Waals surface area (Å²) in [7, 11) is 0. The van der Waals surface area contributed by atoms with E-state index >= 15 is 0 Å². The lowest BCUT2D eigenvalue weighted by atomic mass is 9.96. The number of aliphatic hydroxyl groups excluding tert-OH is 1. The quantitative estimate of drug-likeness (QED) is 0.0160. The lowest BCUT2D eigenvalue weighted by molar-refractivity contribution is -0.143. The van der Waals surface area contributed by atoms with Crippen LogP contribution in [-0.4, -0.2) is 206 Å². The Labute approximate surface area is 609 Å². The summed E-state index contributed by atoms with van der Waals surface area (Å²) in [5.74, 6) is -15.5. The van der Waals surface area contributed by atoms with Crippen molar-refractivity contribution in [3.8, 4) is 5.75 Å². The predicted octanol–water partition coefficient (Wildman–Crippen LogP) is -2.38. The number of carboxylic acid groups (broad SMARTS) is 2. The number of aliphatic carboxylic acids is 2. The van der Waals surface area contributed by atoms with E-state index < -0.39 is 199 Å². The van der Waals surface area contributed by atoms with Crippen molar-refractivity contribution in [1.82, 2.24) is 58.1 Å². The highest BCUT2D eigenvalue weighted by Crippen LogP contribution is 2.23. The lowest BCUT2D eigenvalue weighted by Gasteiger charge is -2.33. The van der Waals surface area contributed by atoms with Crippen molar-refractivity contribution in [3.05, 3.63) is 102 Å². The van der Waals surface area contributed by atoms with Crippen molar-refractivity contribution in [2.24, 2.45) is 45.7 Å². The smallest absolute Gasteiger partial charge is 0.326 e. The Balaban J connectivity index is 1.55. The average molecular weight is 1470 g/mol. The zero-order valence-corrected chi connectivity index (χ0v) is 60.3. The normalized spacial score (nSPS) is 16.0. The maximum atomic E-state index is 14.7. The number of hydrogen-bond acceptors (Lipinski definition) is 18. The van der Waals surface area contributed by atoms with E-state index in [9.17, 15) is 87.5 Å². The first-order valence-corrected chi connectivity index (χ1v) is 35.0. The number of benzene rings is 3. The molecule has 12 amide bonds. The van der Waals surface area contributed by atoms with Crippen molar-refractivity contribution in [2.75, 3.05) is 19.6 Å². The van der Waals surface area contributed by atoms with Crippen molar-refractivity contribution < 1.29 is 87.5 Å². The van der Waals surface area contributed by atoms with Crippen LogP contribution in [0.3, 0.4) is 0 Å². The van der Waals surface area contributed by atoms with Gasteiger partial charge in [-0.3, -0.25) is 67.3 Å². The van der Waals surface area contributed by atoms with Gasteiger partial charge in [-0.05, 0) is 105 Å². The lowest BCUT2D eigenvalue weighted by Crippen LogP contribution is -2.62. The van der Waals surface area contributed by atoms with Gasteiger partial charge < -0.3 is 101 Å². The van der Waals surface area contributed by atoms with Crippen LogP contribution in [0.15, 0.2) is 89.9 Å². The third-order valence-electron chi connectivity index (χ3n) is 17.4. The molecule has 1 aliphatic heterocycles. The van der Waals surface area contributed by atoms with E-state index in [1.54, 1.807) is 71.9 Å². The summed E-state index contributed by atoms with van der Waals surface area (Å²) in [4.78, 5) is 197. The van der Waals surface area contributed by atoms with Gasteiger partial charge in [-0.15, -0.1) is 0 Å². The zero-order chi connectivity index (χ0) is 78.2. The number of guanidine groups is 1. The number of nitrogens with two attached hydrogens (primary N) is 4. The van der Waals surface area contributed by atoms with Gasteiger partial charge in [-0.25, -0.2) is 4.79 Å². The van der Waals surface area contributed by atoms with Crippen LogP contribution in [0.5, 0.6) is 5.75 Å². The number of rotatable bonds is 44. The number of primary amides is 1. The van der Waals surface area contributed by atoms with E-state index in [0.717, 1.165) is 12.5 Å². The molecule has 0 spiro atoms.